The number of nitrogens with one attached hydrogen (secondary N) is 2. The molecule has 0 aliphatic heterocycles. The van der Waals surface area contributed by atoms with E-state index in [4.69, 9.17) is 0 Å². The summed E-state index contributed by atoms with van der Waals surface area (Å²) in [5.74, 6) is -2.33. The SMILES string of the molecule is CNC(=O)C(N[C@H](CCc1ccc(C(F)(F)F)cc1)c1ccc(F)c(F)c1)c1ccccc1. The van der Waals surface area contributed by atoms with Gasteiger partial charge in [0.2, 0.25) is 5.91 Å². The lowest BCUT2D eigenvalue weighted by Gasteiger charge is -2.26. The Morgan fingerprint density at radius 3 is 2.12 bits per heavy atom. The van der Waals surface area contributed by atoms with Crippen LogP contribution in [0.3, 0.4) is 0 Å². The van der Waals surface area contributed by atoms with Crippen LogP contribution >= 0.6 is 0 Å². The van der Waals surface area contributed by atoms with Crippen LogP contribution in [-0.2, 0) is 17.4 Å². The maximum absolute atomic E-state index is 14.0. The van der Waals surface area contributed by atoms with E-state index in [0.29, 0.717) is 29.5 Å². The zero-order chi connectivity index (χ0) is 24.0. The summed E-state index contributed by atoms with van der Waals surface area (Å²) in [5.41, 5.74) is 1.00. The fourth-order valence-electron chi connectivity index (χ4n) is 3.56. The molecule has 2 N–H and O–H groups in total. The summed E-state index contributed by atoms with van der Waals surface area (Å²) in [6.07, 6.45) is -3.74. The first-order valence-corrected chi connectivity index (χ1v) is 10.3. The highest BCUT2D eigenvalue weighted by Gasteiger charge is 2.30. The smallest absolute Gasteiger partial charge is 0.358 e. The summed E-state index contributed by atoms with van der Waals surface area (Å²) < 4.78 is 65.9. The van der Waals surface area contributed by atoms with E-state index < -0.39 is 35.5 Å². The molecule has 1 amide bonds. The van der Waals surface area contributed by atoms with Crippen LogP contribution in [-0.4, -0.2) is 13.0 Å². The first-order chi connectivity index (χ1) is 15.7. The molecule has 3 nitrogen and oxygen atoms in total. The molecule has 0 spiro atoms. The molecule has 174 valence electrons. The molecule has 3 rings (SSSR count). The van der Waals surface area contributed by atoms with Crippen LogP contribution < -0.4 is 10.6 Å². The van der Waals surface area contributed by atoms with E-state index in [1.165, 1.54) is 25.2 Å². The third-order valence-corrected chi connectivity index (χ3v) is 5.36. The maximum Gasteiger partial charge on any atom is 0.416 e. The molecule has 33 heavy (non-hydrogen) atoms. The number of hydrogen-bond acceptors (Lipinski definition) is 2. The number of hydrogen-bond donors (Lipinski definition) is 2. The minimum Gasteiger partial charge on any atom is -0.358 e. The van der Waals surface area contributed by atoms with Gasteiger partial charge in [0, 0.05) is 13.1 Å². The number of aryl methyl sites for hydroxylation is 1. The molecule has 0 aliphatic rings. The minimum atomic E-state index is -4.43. The van der Waals surface area contributed by atoms with E-state index in [0.717, 1.165) is 24.3 Å². The fourth-order valence-corrected chi connectivity index (χ4v) is 3.56. The number of carbonyl (C=O) groups is 1. The van der Waals surface area contributed by atoms with Gasteiger partial charge in [-0.25, -0.2) is 8.78 Å². The van der Waals surface area contributed by atoms with Crippen molar-refractivity contribution in [2.45, 2.75) is 31.1 Å². The van der Waals surface area contributed by atoms with Gasteiger partial charge >= 0.3 is 6.18 Å². The van der Waals surface area contributed by atoms with E-state index in [2.05, 4.69) is 10.6 Å². The van der Waals surface area contributed by atoms with Crippen LogP contribution in [0, 0.1) is 11.6 Å². The molecule has 3 aromatic rings. The van der Waals surface area contributed by atoms with Crippen molar-refractivity contribution in [3.05, 3.63) is 107 Å². The summed E-state index contributed by atoms with van der Waals surface area (Å²) in [7, 11) is 1.49. The lowest BCUT2D eigenvalue weighted by Crippen LogP contribution is -2.38. The highest BCUT2D eigenvalue weighted by Crippen LogP contribution is 2.30. The van der Waals surface area contributed by atoms with E-state index in [9.17, 15) is 26.7 Å². The van der Waals surface area contributed by atoms with Crippen LogP contribution in [0.2, 0.25) is 0 Å². The van der Waals surface area contributed by atoms with Gasteiger partial charge < -0.3 is 5.32 Å². The molecule has 2 atom stereocenters. The second-order valence-corrected chi connectivity index (χ2v) is 7.58. The average molecular weight is 462 g/mol. The van der Waals surface area contributed by atoms with Gasteiger partial charge in [-0.05, 0) is 53.8 Å². The number of carbonyl (C=O) groups excluding carboxylic acids is 1. The van der Waals surface area contributed by atoms with Crippen molar-refractivity contribution >= 4 is 5.91 Å². The Morgan fingerprint density at radius 1 is 0.879 bits per heavy atom. The van der Waals surface area contributed by atoms with E-state index in [1.807, 2.05) is 6.07 Å². The zero-order valence-electron chi connectivity index (χ0n) is 17.8. The molecule has 3 aromatic carbocycles. The van der Waals surface area contributed by atoms with Crippen LogP contribution in [0.15, 0.2) is 72.8 Å². The molecular weight excluding hydrogens is 439 g/mol. The van der Waals surface area contributed by atoms with E-state index in [1.54, 1.807) is 24.3 Å². The van der Waals surface area contributed by atoms with Crippen molar-refractivity contribution in [2.24, 2.45) is 0 Å². The fraction of sp³-hybridized carbons (Fsp3) is 0.240. The lowest BCUT2D eigenvalue weighted by molar-refractivity contribution is -0.137. The number of alkyl halides is 3. The van der Waals surface area contributed by atoms with Gasteiger partial charge in [0.1, 0.15) is 6.04 Å². The summed E-state index contributed by atoms with van der Waals surface area (Å²) in [6.45, 7) is 0. The van der Waals surface area contributed by atoms with Gasteiger partial charge in [-0.1, -0.05) is 48.5 Å². The number of rotatable bonds is 8. The Morgan fingerprint density at radius 2 is 1.55 bits per heavy atom. The summed E-state index contributed by atoms with van der Waals surface area (Å²) >= 11 is 0. The van der Waals surface area contributed by atoms with E-state index >= 15 is 0 Å². The maximum atomic E-state index is 14.0. The first-order valence-electron chi connectivity index (χ1n) is 10.3. The van der Waals surface area contributed by atoms with Crippen LogP contribution in [0.5, 0.6) is 0 Å². The van der Waals surface area contributed by atoms with Gasteiger partial charge in [0.15, 0.2) is 11.6 Å². The van der Waals surface area contributed by atoms with Crippen molar-refractivity contribution in [3.63, 3.8) is 0 Å². The third-order valence-electron chi connectivity index (χ3n) is 5.36. The zero-order valence-corrected chi connectivity index (χ0v) is 17.8. The average Bonchev–Trinajstić information content (AvgIpc) is 2.81. The minimum absolute atomic E-state index is 0.316. The van der Waals surface area contributed by atoms with Crippen molar-refractivity contribution in [1.82, 2.24) is 10.6 Å². The van der Waals surface area contributed by atoms with Gasteiger partial charge in [0.25, 0.3) is 0 Å². The Balaban J connectivity index is 1.87. The first kappa shape index (κ1) is 24.4. The molecule has 0 aromatic heterocycles. The van der Waals surface area contributed by atoms with Crippen LogP contribution in [0.1, 0.15) is 40.8 Å². The topological polar surface area (TPSA) is 41.1 Å². The second-order valence-electron chi connectivity index (χ2n) is 7.58. The van der Waals surface area contributed by atoms with Gasteiger partial charge in [-0.2, -0.15) is 13.2 Å². The van der Waals surface area contributed by atoms with Crippen molar-refractivity contribution in [2.75, 3.05) is 7.05 Å². The van der Waals surface area contributed by atoms with Crippen molar-refractivity contribution in [1.29, 1.82) is 0 Å². The van der Waals surface area contributed by atoms with Crippen molar-refractivity contribution in [3.8, 4) is 0 Å². The van der Waals surface area contributed by atoms with Gasteiger partial charge in [0.05, 0.1) is 5.56 Å². The van der Waals surface area contributed by atoms with E-state index in [-0.39, 0.29) is 5.91 Å². The Labute approximate surface area is 188 Å². The molecular formula is C25H23F5N2O. The number of likely N-dealkylation sites (N-methyl/N-ethyl adjacent to an activating group) is 1. The van der Waals surface area contributed by atoms with Gasteiger partial charge in [-0.15, -0.1) is 0 Å². The molecule has 0 bridgehead atoms. The Hall–Kier alpha value is -3.26. The van der Waals surface area contributed by atoms with Gasteiger partial charge in [-0.3, -0.25) is 10.1 Å². The van der Waals surface area contributed by atoms with Crippen LogP contribution in [0.4, 0.5) is 22.0 Å². The normalized spacial score (nSPS) is 13.4. The molecule has 8 heteroatoms. The quantitative estimate of drug-likeness (QED) is 0.420. The third kappa shape index (κ3) is 6.38. The lowest BCUT2D eigenvalue weighted by atomic mass is 9.96. The summed E-state index contributed by atoms with van der Waals surface area (Å²) in [5, 5.41) is 5.80. The monoisotopic (exact) mass is 462 g/mol. The highest BCUT2D eigenvalue weighted by molar-refractivity contribution is 5.83. The Kier molecular flexibility index (Phi) is 7.81. The summed E-state index contributed by atoms with van der Waals surface area (Å²) in [4.78, 5) is 12.6. The number of halogens is 5. The number of benzene rings is 3. The molecule has 0 saturated carbocycles. The molecule has 0 radical (unpaired) electrons. The molecule has 0 saturated heterocycles. The standard InChI is InChI=1S/C25H23F5N2O/c1-31-24(33)23(17-5-3-2-4-6-17)32-22(18-10-13-20(26)21(27)15-18)14-9-16-7-11-19(12-8-16)25(28,29)30/h2-8,10-13,15,22-23,32H,9,14H2,1H3,(H,31,33)/t22-,23?/m1/s1. The Bertz CT molecular complexity index is 1070. The largest absolute Gasteiger partial charge is 0.416 e. The summed E-state index contributed by atoms with van der Waals surface area (Å²) in [6, 6.07) is 15.8. The van der Waals surface area contributed by atoms with Crippen molar-refractivity contribution < 1.29 is 26.7 Å². The molecule has 1 unspecified atom stereocenters. The molecule has 0 aliphatic carbocycles. The molecule has 0 fully saturated rings. The van der Waals surface area contributed by atoms with Crippen LogP contribution in [0.25, 0.3) is 0 Å². The highest BCUT2D eigenvalue weighted by atomic mass is 19.4. The molecule has 0 heterocycles. The second kappa shape index (κ2) is 10.6. The predicted octanol–water partition coefficient (Wildman–Crippen LogP) is 5.73. The predicted molar refractivity (Wildman–Crippen MR) is 115 cm³/mol. The number of amides is 1.